The summed E-state index contributed by atoms with van der Waals surface area (Å²) in [6, 6.07) is 7.90. The van der Waals surface area contributed by atoms with Gasteiger partial charge in [-0.25, -0.2) is 4.98 Å². The normalized spacial score (nSPS) is 15.1. The fourth-order valence-electron chi connectivity index (χ4n) is 3.32. The third-order valence-electron chi connectivity index (χ3n) is 5.12. The summed E-state index contributed by atoms with van der Waals surface area (Å²) in [5.74, 6) is 0.246. The van der Waals surface area contributed by atoms with Gasteiger partial charge in [0.05, 0.1) is 16.8 Å². The summed E-state index contributed by atoms with van der Waals surface area (Å²) in [5, 5.41) is 0.720. The Hall–Kier alpha value is -2.03. The lowest BCUT2D eigenvalue weighted by Gasteiger charge is -2.35. The lowest BCUT2D eigenvalue weighted by atomic mass is 10.1. The monoisotopic (exact) mass is 403 g/mol. The maximum atomic E-state index is 12.7. The van der Waals surface area contributed by atoms with Gasteiger partial charge in [-0.15, -0.1) is 0 Å². The Kier molecular flexibility index (Phi) is 7.36. The molecule has 3 rings (SSSR count). The Morgan fingerprint density at radius 2 is 1.89 bits per heavy atom. The first-order chi connectivity index (χ1) is 13.6. The van der Waals surface area contributed by atoms with E-state index in [1.54, 1.807) is 11.9 Å². The van der Waals surface area contributed by atoms with Crippen LogP contribution in [0.2, 0.25) is 0 Å². The molecule has 2 N–H and O–H groups in total. The molecule has 1 aliphatic heterocycles. The van der Waals surface area contributed by atoms with E-state index in [4.69, 9.17) is 5.73 Å². The number of nitrogens with two attached hydrogens (primary N) is 1. The fourth-order valence-corrected chi connectivity index (χ4v) is 4.26. The summed E-state index contributed by atoms with van der Waals surface area (Å²) in [4.78, 5) is 35.1. The summed E-state index contributed by atoms with van der Waals surface area (Å²) in [5.41, 5.74) is 6.40. The van der Waals surface area contributed by atoms with Crippen molar-refractivity contribution >= 4 is 38.5 Å². The molecule has 2 aromatic rings. The van der Waals surface area contributed by atoms with E-state index in [0.29, 0.717) is 32.6 Å². The predicted molar refractivity (Wildman–Crippen MR) is 114 cm³/mol. The first-order valence-corrected chi connectivity index (χ1v) is 10.7. The number of anilines is 1. The minimum Gasteiger partial charge on any atom is -0.340 e. The molecule has 2 amide bonds. The zero-order chi connectivity index (χ0) is 19.9. The van der Waals surface area contributed by atoms with Gasteiger partial charge in [0.2, 0.25) is 11.8 Å². The molecule has 28 heavy (non-hydrogen) atoms. The zero-order valence-electron chi connectivity index (χ0n) is 16.5. The average molecular weight is 404 g/mol. The number of amides is 2. The molecule has 152 valence electrons. The van der Waals surface area contributed by atoms with E-state index in [9.17, 15) is 9.59 Å². The Balaban J connectivity index is 1.45. The molecule has 0 atom stereocenters. The molecule has 0 spiro atoms. The van der Waals surface area contributed by atoms with E-state index in [-0.39, 0.29) is 11.8 Å². The number of rotatable bonds is 8. The van der Waals surface area contributed by atoms with Crippen molar-refractivity contribution in [2.24, 2.45) is 5.73 Å². The molecule has 1 aliphatic rings. The van der Waals surface area contributed by atoms with Crippen molar-refractivity contribution in [3.05, 3.63) is 24.3 Å². The number of nitrogens with zero attached hydrogens (tertiary/aromatic N) is 4. The van der Waals surface area contributed by atoms with Crippen LogP contribution in [0.5, 0.6) is 0 Å². The molecule has 0 aliphatic carbocycles. The molecule has 2 heterocycles. The van der Waals surface area contributed by atoms with Gasteiger partial charge in [-0.3, -0.25) is 19.4 Å². The van der Waals surface area contributed by atoms with E-state index >= 15 is 0 Å². The summed E-state index contributed by atoms with van der Waals surface area (Å²) >= 11 is 1.53. The van der Waals surface area contributed by atoms with E-state index in [2.05, 4.69) is 9.88 Å². The van der Waals surface area contributed by atoms with Gasteiger partial charge in [0.1, 0.15) is 0 Å². The highest BCUT2D eigenvalue weighted by Crippen LogP contribution is 2.27. The van der Waals surface area contributed by atoms with Crippen molar-refractivity contribution in [2.75, 3.05) is 51.2 Å². The fraction of sp³-hybridized carbons (Fsp3) is 0.550. The van der Waals surface area contributed by atoms with Crippen LogP contribution in [0, 0.1) is 0 Å². The van der Waals surface area contributed by atoms with Gasteiger partial charge in [0.25, 0.3) is 0 Å². The van der Waals surface area contributed by atoms with Gasteiger partial charge in [0.15, 0.2) is 5.13 Å². The van der Waals surface area contributed by atoms with Crippen LogP contribution in [-0.4, -0.2) is 72.9 Å². The molecule has 0 unspecified atom stereocenters. The van der Waals surface area contributed by atoms with Gasteiger partial charge >= 0.3 is 0 Å². The maximum Gasteiger partial charge on any atom is 0.242 e. The van der Waals surface area contributed by atoms with Gasteiger partial charge in [-0.05, 0) is 31.5 Å². The molecule has 1 fully saturated rings. The van der Waals surface area contributed by atoms with Crippen molar-refractivity contribution in [1.82, 2.24) is 14.8 Å². The van der Waals surface area contributed by atoms with Crippen molar-refractivity contribution < 1.29 is 9.59 Å². The van der Waals surface area contributed by atoms with Crippen LogP contribution in [0.3, 0.4) is 0 Å². The Morgan fingerprint density at radius 3 is 2.61 bits per heavy atom. The minimum atomic E-state index is 0.0283. The minimum absolute atomic E-state index is 0.0283. The number of benzene rings is 1. The van der Waals surface area contributed by atoms with Crippen LogP contribution in [0.15, 0.2) is 24.3 Å². The van der Waals surface area contributed by atoms with Gasteiger partial charge in [-0.2, -0.15) is 0 Å². The Bertz CT molecular complexity index is 768. The quantitative estimate of drug-likeness (QED) is 0.681. The molecule has 1 aromatic carbocycles. The summed E-state index contributed by atoms with van der Waals surface area (Å²) in [7, 11) is 1.78. The first kappa shape index (κ1) is 20.7. The number of hydrogen-bond acceptors (Lipinski definition) is 6. The van der Waals surface area contributed by atoms with Crippen LogP contribution in [0.25, 0.3) is 10.2 Å². The number of thiazole rings is 1. The second kappa shape index (κ2) is 9.95. The van der Waals surface area contributed by atoms with Crippen molar-refractivity contribution in [1.29, 1.82) is 0 Å². The largest absolute Gasteiger partial charge is 0.340 e. The van der Waals surface area contributed by atoms with E-state index in [1.165, 1.54) is 11.3 Å². The topological polar surface area (TPSA) is 82.8 Å². The Labute approximate surface area is 170 Å². The molecule has 1 saturated heterocycles. The lowest BCUT2D eigenvalue weighted by molar-refractivity contribution is -0.133. The van der Waals surface area contributed by atoms with E-state index in [0.717, 1.165) is 47.7 Å². The zero-order valence-corrected chi connectivity index (χ0v) is 17.3. The molecule has 1 aromatic heterocycles. The number of para-hydroxylation sites is 1. The summed E-state index contributed by atoms with van der Waals surface area (Å²) in [6.45, 7) is 3.88. The van der Waals surface area contributed by atoms with E-state index < -0.39 is 0 Å². The molecule has 7 nitrogen and oxygen atoms in total. The summed E-state index contributed by atoms with van der Waals surface area (Å²) in [6.07, 6.45) is 3.49. The third kappa shape index (κ3) is 5.27. The second-order valence-corrected chi connectivity index (χ2v) is 8.18. The molecule has 8 heteroatoms. The SMILES string of the molecule is CN(C(=O)CN1CCN(C(=O)CCCCCN)CC1)c1nc2ccccc2s1. The predicted octanol–water partition coefficient (Wildman–Crippen LogP) is 1.92. The van der Waals surface area contributed by atoms with Crippen molar-refractivity contribution in [3.8, 4) is 0 Å². The van der Waals surface area contributed by atoms with Gasteiger partial charge in [-0.1, -0.05) is 29.9 Å². The summed E-state index contributed by atoms with van der Waals surface area (Å²) < 4.78 is 1.08. The molecule has 0 saturated carbocycles. The van der Waals surface area contributed by atoms with Crippen LogP contribution < -0.4 is 10.6 Å². The Morgan fingerprint density at radius 1 is 1.14 bits per heavy atom. The smallest absolute Gasteiger partial charge is 0.242 e. The molecular formula is C20H29N5O2S. The molecule has 0 bridgehead atoms. The second-order valence-electron chi connectivity index (χ2n) is 7.17. The number of unbranched alkanes of at least 4 members (excludes halogenated alkanes) is 2. The van der Waals surface area contributed by atoms with Crippen LogP contribution >= 0.6 is 11.3 Å². The standard InChI is InChI=1S/C20H29N5O2S/c1-23(20-22-16-7-4-5-8-17(16)28-20)19(27)15-24-11-13-25(14-12-24)18(26)9-3-2-6-10-21/h4-5,7-8H,2-3,6,9-15,21H2,1H3. The number of fused-ring (bicyclic) bond motifs is 1. The highest BCUT2D eigenvalue weighted by Gasteiger charge is 2.24. The number of aromatic nitrogens is 1. The van der Waals surface area contributed by atoms with Gasteiger partial charge in [0, 0.05) is 39.6 Å². The number of likely N-dealkylation sites (N-methyl/N-ethyl adjacent to an activating group) is 1. The molecular weight excluding hydrogens is 374 g/mol. The highest BCUT2D eigenvalue weighted by atomic mass is 32.1. The number of hydrogen-bond donors (Lipinski definition) is 1. The average Bonchev–Trinajstić information content (AvgIpc) is 3.15. The van der Waals surface area contributed by atoms with Crippen LogP contribution in [-0.2, 0) is 9.59 Å². The van der Waals surface area contributed by atoms with Crippen LogP contribution in [0.1, 0.15) is 25.7 Å². The van der Waals surface area contributed by atoms with Crippen molar-refractivity contribution in [2.45, 2.75) is 25.7 Å². The van der Waals surface area contributed by atoms with Crippen LogP contribution in [0.4, 0.5) is 5.13 Å². The van der Waals surface area contributed by atoms with Crippen molar-refractivity contribution in [3.63, 3.8) is 0 Å². The highest BCUT2D eigenvalue weighted by molar-refractivity contribution is 7.22. The number of carbonyl (C=O) groups excluding carboxylic acids is 2. The first-order valence-electron chi connectivity index (χ1n) is 9.91. The number of carbonyl (C=O) groups is 2. The maximum absolute atomic E-state index is 12.7. The van der Waals surface area contributed by atoms with E-state index in [1.807, 2.05) is 29.2 Å². The van der Waals surface area contributed by atoms with Gasteiger partial charge < -0.3 is 10.6 Å². The number of piperazine rings is 1. The lowest BCUT2D eigenvalue weighted by Crippen LogP contribution is -2.51. The molecule has 0 radical (unpaired) electrons. The third-order valence-corrected chi connectivity index (χ3v) is 6.24.